The Labute approximate surface area is 139 Å². The zero-order valence-corrected chi connectivity index (χ0v) is 13.5. The van der Waals surface area contributed by atoms with Crippen molar-refractivity contribution < 1.29 is 14.1 Å². The van der Waals surface area contributed by atoms with Gasteiger partial charge < -0.3 is 14.2 Å². The number of benzene rings is 1. The summed E-state index contributed by atoms with van der Waals surface area (Å²) in [6.45, 7) is 2.61. The maximum Gasteiger partial charge on any atom is 0.264 e. The van der Waals surface area contributed by atoms with E-state index >= 15 is 0 Å². The Bertz CT molecular complexity index is 758. The molecule has 120 valence electrons. The van der Waals surface area contributed by atoms with Gasteiger partial charge in [-0.15, -0.1) is 0 Å². The first-order valence-corrected chi connectivity index (χ1v) is 8.18. The molecule has 1 aromatic heterocycles. The second-order valence-electron chi connectivity index (χ2n) is 6.12. The van der Waals surface area contributed by atoms with E-state index in [1.807, 2.05) is 30.0 Å². The summed E-state index contributed by atoms with van der Waals surface area (Å²) in [5.74, 6) is 1.51. The van der Waals surface area contributed by atoms with Crippen molar-refractivity contribution in [3.05, 3.63) is 46.3 Å². The first kappa shape index (κ1) is 14.6. The average Bonchev–Trinajstić information content (AvgIpc) is 3.23. The van der Waals surface area contributed by atoms with Crippen molar-refractivity contribution in [2.45, 2.75) is 38.3 Å². The summed E-state index contributed by atoms with van der Waals surface area (Å²) in [5.41, 5.74) is 1.82. The van der Waals surface area contributed by atoms with Crippen molar-refractivity contribution in [2.75, 3.05) is 6.54 Å². The summed E-state index contributed by atoms with van der Waals surface area (Å²) in [7, 11) is 0. The molecular weight excluding hydrogens is 316 g/mol. The number of ether oxygens (including phenoxy) is 1. The maximum atomic E-state index is 12.9. The molecule has 0 unspecified atom stereocenters. The third kappa shape index (κ3) is 2.59. The van der Waals surface area contributed by atoms with Crippen molar-refractivity contribution in [1.29, 1.82) is 0 Å². The van der Waals surface area contributed by atoms with Crippen molar-refractivity contribution in [3.8, 4) is 5.75 Å². The average molecular weight is 333 g/mol. The molecule has 2 aliphatic rings. The molecule has 0 radical (unpaired) electrons. The monoisotopic (exact) mass is 332 g/mol. The molecule has 0 bridgehead atoms. The number of carbonyl (C=O) groups is 1. The number of carbonyl (C=O) groups excluding carboxylic acids is 1. The normalized spacial score (nSPS) is 23.0. The third-order valence-corrected chi connectivity index (χ3v) is 4.72. The molecule has 2 atom stereocenters. The molecule has 5 nitrogen and oxygen atoms in total. The number of rotatable bonds is 2. The molecule has 23 heavy (non-hydrogen) atoms. The highest BCUT2D eigenvalue weighted by Crippen LogP contribution is 2.36. The fraction of sp³-hybridized carbons (Fsp3) is 0.412. The van der Waals surface area contributed by atoms with E-state index in [2.05, 4.69) is 5.16 Å². The van der Waals surface area contributed by atoms with Gasteiger partial charge in [0.1, 0.15) is 5.75 Å². The molecular formula is C17H17ClN2O3. The van der Waals surface area contributed by atoms with E-state index in [4.69, 9.17) is 20.9 Å². The molecule has 6 heteroatoms. The summed E-state index contributed by atoms with van der Waals surface area (Å²) in [6.07, 6.45) is 1.94. The highest BCUT2D eigenvalue weighted by atomic mass is 35.5. The van der Waals surface area contributed by atoms with E-state index in [-0.39, 0.29) is 11.9 Å². The maximum absolute atomic E-state index is 12.9. The Balaban J connectivity index is 1.53. The second kappa shape index (κ2) is 5.57. The fourth-order valence-corrected chi connectivity index (χ4v) is 3.60. The number of hydrogen-bond acceptors (Lipinski definition) is 4. The smallest absolute Gasteiger partial charge is 0.264 e. The molecule has 1 saturated heterocycles. The van der Waals surface area contributed by atoms with E-state index in [1.54, 1.807) is 6.07 Å². The van der Waals surface area contributed by atoms with Crippen molar-refractivity contribution in [3.63, 3.8) is 0 Å². The summed E-state index contributed by atoms with van der Waals surface area (Å²) < 4.78 is 11.2. The lowest BCUT2D eigenvalue weighted by atomic mass is 10.1. The summed E-state index contributed by atoms with van der Waals surface area (Å²) in [5, 5.41) is 4.60. The van der Waals surface area contributed by atoms with Gasteiger partial charge in [-0.3, -0.25) is 4.79 Å². The number of halogens is 1. The van der Waals surface area contributed by atoms with Gasteiger partial charge in [-0.1, -0.05) is 16.8 Å². The van der Waals surface area contributed by atoms with Gasteiger partial charge in [-0.25, -0.2) is 0 Å². The van der Waals surface area contributed by atoms with Gasteiger partial charge in [0.15, 0.2) is 11.9 Å². The van der Waals surface area contributed by atoms with E-state index < -0.39 is 6.10 Å². The lowest BCUT2D eigenvalue weighted by Crippen LogP contribution is -2.40. The second-order valence-corrected chi connectivity index (χ2v) is 6.56. The van der Waals surface area contributed by atoms with Crippen LogP contribution in [0.4, 0.5) is 0 Å². The lowest BCUT2D eigenvalue weighted by Gasteiger charge is -2.25. The van der Waals surface area contributed by atoms with Gasteiger partial charge in [0.25, 0.3) is 5.91 Å². The summed E-state index contributed by atoms with van der Waals surface area (Å²) in [6, 6.07) is 7.33. The van der Waals surface area contributed by atoms with Crippen molar-refractivity contribution >= 4 is 17.5 Å². The number of amides is 1. The quantitative estimate of drug-likeness (QED) is 0.846. The van der Waals surface area contributed by atoms with Crippen LogP contribution >= 0.6 is 11.6 Å². The van der Waals surface area contributed by atoms with E-state index in [0.29, 0.717) is 11.4 Å². The molecule has 0 N–H and O–H groups in total. The number of likely N-dealkylation sites (tertiary alicyclic amines) is 1. The zero-order chi connectivity index (χ0) is 16.0. The van der Waals surface area contributed by atoms with Crippen LogP contribution < -0.4 is 4.74 Å². The molecule has 3 heterocycles. The predicted molar refractivity (Wildman–Crippen MR) is 84.5 cm³/mol. The van der Waals surface area contributed by atoms with E-state index in [9.17, 15) is 4.79 Å². The number of aryl methyl sites for hydroxylation is 1. The van der Waals surface area contributed by atoms with Crippen LogP contribution in [0.3, 0.4) is 0 Å². The Morgan fingerprint density at radius 2 is 2.26 bits per heavy atom. The minimum absolute atomic E-state index is 0.00822. The molecule has 2 aromatic rings. The van der Waals surface area contributed by atoms with Crippen molar-refractivity contribution in [2.24, 2.45) is 0 Å². The number of aromatic nitrogens is 1. The number of hydrogen-bond donors (Lipinski definition) is 0. The van der Waals surface area contributed by atoms with Crippen LogP contribution in [-0.4, -0.2) is 28.6 Å². The van der Waals surface area contributed by atoms with Crippen LogP contribution in [0.25, 0.3) is 0 Å². The van der Waals surface area contributed by atoms with E-state index in [1.165, 1.54) is 0 Å². The Morgan fingerprint density at radius 3 is 3.04 bits per heavy atom. The molecule has 0 aliphatic carbocycles. The predicted octanol–water partition coefficient (Wildman–Crippen LogP) is 3.30. The largest absolute Gasteiger partial charge is 0.480 e. The Hall–Kier alpha value is -2.01. The van der Waals surface area contributed by atoms with Crippen LogP contribution in [0, 0.1) is 6.92 Å². The SMILES string of the molecule is Cc1cc([C@H]2CCCN2C(=O)[C@H]2Cc3cc(Cl)ccc3O2)on1. The van der Waals surface area contributed by atoms with Gasteiger partial charge in [0, 0.05) is 24.1 Å². The molecule has 0 saturated carbocycles. The van der Waals surface area contributed by atoms with Crippen LogP contribution in [0.1, 0.15) is 35.9 Å². The number of nitrogens with zero attached hydrogens (tertiary/aromatic N) is 2. The van der Waals surface area contributed by atoms with Gasteiger partial charge in [-0.05, 0) is 43.5 Å². The third-order valence-electron chi connectivity index (χ3n) is 4.48. The molecule has 0 spiro atoms. The first-order chi connectivity index (χ1) is 11.1. The Morgan fingerprint density at radius 1 is 1.39 bits per heavy atom. The molecule has 2 aliphatic heterocycles. The summed E-state index contributed by atoms with van der Waals surface area (Å²) >= 11 is 6.01. The molecule has 1 fully saturated rings. The molecule has 1 amide bonds. The van der Waals surface area contributed by atoms with Crippen LogP contribution in [-0.2, 0) is 11.2 Å². The van der Waals surface area contributed by atoms with Crippen LogP contribution in [0.15, 0.2) is 28.8 Å². The van der Waals surface area contributed by atoms with Crippen LogP contribution in [0.5, 0.6) is 5.75 Å². The summed E-state index contributed by atoms with van der Waals surface area (Å²) in [4.78, 5) is 14.8. The minimum Gasteiger partial charge on any atom is -0.480 e. The number of fused-ring (bicyclic) bond motifs is 1. The highest BCUT2D eigenvalue weighted by Gasteiger charge is 2.39. The van der Waals surface area contributed by atoms with Crippen molar-refractivity contribution in [1.82, 2.24) is 10.1 Å². The standard InChI is InChI=1S/C17H17ClN2O3/c1-10-7-15(23-19-10)13-3-2-6-20(13)17(21)16-9-11-8-12(18)4-5-14(11)22-16/h4-5,7-8,13,16H,2-3,6,9H2,1H3/t13-,16-/m1/s1. The minimum atomic E-state index is -0.479. The molecule has 1 aromatic carbocycles. The van der Waals surface area contributed by atoms with Crippen LogP contribution in [0.2, 0.25) is 5.02 Å². The van der Waals surface area contributed by atoms with Gasteiger partial charge in [0.2, 0.25) is 0 Å². The lowest BCUT2D eigenvalue weighted by molar-refractivity contribution is -0.139. The fourth-order valence-electron chi connectivity index (χ4n) is 3.41. The first-order valence-electron chi connectivity index (χ1n) is 7.80. The zero-order valence-electron chi connectivity index (χ0n) is 12.8. The topological polar surface area (TPSA) is 55.6 Å². The van der Waals surface area contributed by atoms with Gasteiger partial charge >= 0.3 is 0 Å². The van der Waals surface area contributed by atoms with E-state index in [0.717, 1.165) is 42.2 Å². The Kier molecular flexibility index (Phi) is 3.53. The van der Waals surface area contributed by atoms with Gasteiger partial charge in [-0.2, -0.15) is 0 Å². The molecule has 4 rings (SSSR count). The van der Waals surface area contributed by atoms with Gasteiger partial charge in [0.05, 0.1) is 11.7 Å². The highest BCUT2D eigenvalue weighted by molar-refractivity contribution is 6.30.